The van der Waals surface area contributed by atoms with Crippen molar-refractivity contribution in [1.29, 1.82) is 0 Å². The van der Waals surface area contributed by atoms with E-state index in [9.17, 15) is 29.3 Å². The Morgan fingerprint density at radius 2 is 1.71 bits per heavy atom. The number of rotatable bonds is 7. The summed E-state index contributed by atoms with van der Waals surface area (Å²) in [6, 6.07) is 9.71. The summed E-state index contributed by atoms with van der Waals surface area (Å²) < 4.78 is 10.0. The number of nitrogens with zero attached hydrogens (tertiary/aromatic N) is 2. The van der Waals surface area contributed by atoms with Gasteiger partial charge in [-0.2, -0.15) is 0 Å². The number of nitro groups is 1. The Balaban J connectivity index is 1.28. The third kappa shape index (κ3) is 3.74. The second-order valence-electron chi connectivity index (χ2n) is 9.09. The molecule has 3 fully saturated rings. The summed E-state index contributed by atoms with van der Waals surface area (Å²) in [4.78, 5) is 62.8. The first-order valence-electron chi connectivity index (χ1n) is 11.3. The number of imide groups is 1. The zero-order valence-electron chi connectivity index (χ0n) is 18.8. The molecule has 1 aliphatic heterocycles. The van der Waals surface area contributed by atoms with Crippen LogP contribution in [0, 0.1) is 33.8 Å². The second-order valence-corrected chi connectivity index (χ2v) is 9.09. The van der Waals surface area contributed by atoms with Gasteiger partial charge in [-0.3, -0.25) is 29.4 Å². The number of anilines is 1. The van der Waals surface area contributed by atoms with Gasteiger partial charge in [-0.15, -0.1) is 0 Å². The van der Waals surface area contributed by atoms with E-state index in [4.69, 9.17) is 9.47 Å². The monoisotopic (exact) mass is 478 g/mol. The Bertz CT molecular complexity index is 1240. The molecule has 10 nitrogen and oxygen atoms in total. The fourth-order valence-corrected chi connectivity index (χ4v) is 5.74. The van der Waals surface area contributed by atoms with Gasteiger partial charge in [-0.1, -0.05) is 6.07 Å². The van der Waals surface area contributed by atoms with E-state index in [0.29, 0.717) is 5.69 Å². The Morgan fingerprint density at radius 1 is 1.03 bits per heavy atom. The summed E-state index contributed by atoms with van der Waals surface area (Å²) >= 11 is 0. The molecular weight excluding hydrogens is 456 g/mol. The van der Waals surface area contributed by atoms with Crippen LogP contribution in [0.3, 0.4) is 0 Å². The van der Waals surface area contributed by atoms with E-state index < -0.39 is 23.3 Å². The van der Waals surface area contributed by atoms with Crippen LogP contribution in [0.4, 0.5) is 11.4 Å². The molecule has 0 radical (unpaired) electrons. The smallest absolute Gasteiger partial charge is 0.338 e. The Labute approximate surface area is 200 Å². The van der Waals surface area contributed by atoms with Crippen LogP contribution in [0.25, 0.3) is 0 Å². The summed E-state index contributed by atoms with van der Waals surface area (Å²) in [6.07, 6.45) is 2.87. The largest absolute Gasteiger partial charge is 0.490 e. The molecule has 0 aromatic heterocycles. The Morgan fingerprint density at radius 3 is 2.34 bits per heavy atom. The normalized spacial score (nSPS) is 24.4. The van der Waals surface area contributed by atoms with E-state index >= 15 is 0 Å². The first-order valence-corrected chi connectivity index (χ1v) is 11.3. The van der Waals surface area contributed by atoms with Crippen LogP contribution >= 0.6 is 0 Å². The number of benzene rings is 2. The van der Waals surface area contributed by atoms with E-state index in [2.05, 4.69) is 0 Å². The molecule has 0 N–H and O–H groups in total. The van der Waals surface area contributed by atoms with Gasteiger partial charge < -0.3 is 9.47 Å². The van der Waals surface area contributed by atoms with Gasteiger partial charge >= 0.3 is 11.7 Å². The number of ketones is 1. The number of hydrogen-bond acceptors (Lipinski definition) is 8. The van der Waals surface area contributed by atoms with Crippen molar-refractivity contribution in [3.05, 3.63) is 63.7 Å². The molecule has 4 unspecified atom stereocenters. The zero-order chi connectivity index (χ0) is 24.9. The lowest BCUT2D eigenvalue weighted by atomic mass is 9.81. The molecule has 5 rings (SSSR count). The quantitative estimate of drug-likeness (QED) is 0.195. The lowest BCUT2D eigenvalue weighted by Gasteiger charge is -2.19. The number of ether oxygens (including phenoxy) is 2. The highest BCUT2D eigenvalue weighted by molar-refractivity contribution is 6.22. The molecule has 2 bridgehead atoms. The standard InChI is InChI=1S/C25H22N2O8/c1-34-20-8-7-13(11-18(20)27(32)33)19(28)12-35-25(31)16-3-2-4-17(10-16)26-23(29)21-14-5-6-15(9-14)22(21)24(26)30/h2-4,7-8,10-11,14-15,21-22H,5-6,9,12H2,1H3. The van der Waals surface area contributed by atoms with Crippen LogP contribution in [0.1, 0.15) is 40.0 Å². The third-order valence-electron chi connectivity index (χ3n) is 7.30. The summed E-state index contributed by atoms with van der Waals surface area (Å²) in [7, 11) is 1.28. The second kappa shape index (κ2) is 8.61. The number of nitro benzene ring substituents is 1. The van der Waals surface area contributed by atoms with E-state index in [1.165, 1.54) is 36.3 Å². The van der Waals surface area contributed by atoms with Crippen molar-refractivity contribution < 1.29 is 33.6 Å². The molecule has 2 aliphatic carbocycles. The lowest BCUT2D eigenvalue weighted by molar-refractivity contribution is -0.385. The van der Waals surface area contributed by atoms with Crippen LogP contribution in [0.5, 0.6) is 5.75 Å². The molecule has 1 heterocycles. The van der Waals surface area contributed by atoms with Crippen LogP contribution in [-0.2, 0) is 14.3 Å². The van der Waals surface area contributed by atoms with Crippen molar-refractivity contribution in [1.82, 2.24) is 0 Å². The van der Waals surface area contributed by atoms with Gasteiger partial charge in [-0.05, 0) is 61.4 Å². The molecule has 1 saturated heterocycles. The maximum absolute atomic E-state index is 13.0. The van der Waals surface area contributed by atoms with Crippen LogP contribution in [0.15, 0.2) is 42.5 Å². The van der Waals surface area contributed by atoms with E-state index in [-0.39, 0.29) is 58.0 Å². The van der Waals surface area contributed by atoms with Gasteiger partial charge in [0.05, 0.1) is 35.1 Å². The molecule has 3 aliphatic rings. The van der Waals surface area contributed by atoms with Crippen molar-refractivity contribution in [3.8, 4) is 5.75 Å². The van der Waals surface area contributed by atoms with Crippen molar-refractivity contribution in [3.63, 3.8) is 0 Å². The number of Topliss-reactive ketones (excluding diaryl/α,β-unsaturated/α-hetero) is 1. The molecular formula is C25H22N2O8. The molecule has 2 amide bonds. The predicted molar refractivity (Wildman–Crippen MR) is 121 cm³/mol. The molecule has 10 heteroatoms. The molecule has 35 heavy (non-hydrogen) atoms. The summed E-state index contributed by atoms with van der Waals surface area (Å²) in [5.41, 5.74) is 0.000934. The first kappa shape index (κ1) is 22.7. The maximum Gasteiger partial charge on any atom is 0.338 e. The molecule has 2 saturated carbocycles. The number of amides is 2. The van der Waals surface area contributed by atoms with Gasteiger partial charge in [0.25, 0.3) is 0 Å². The van der Waals surface area contributed by atoms with Crippen molar-refractivity contribution >= 4 is 34.9 Å². The zero-order valence-corrected chi connectivity index (χ0v) is 18.8. The van der Waals surface area contributed by atoms with E-state index in [1.54, 1.807) is 12.1 Å². The summed E-state index contributed by atoms with van der Waals surface area (Å²) in [5, 5.41) is 11.2. The van der Waals surface area contributed by atoms with Crippen LogP contribution < -0.4 is 9.64 Å². The average molecular weight is 478 g/mol. The van der Waals surface area contributed by atoms with Gasteiger partial charge in [0.1, 0.15) is 0 Å². The molecule has 2 aromatic carbocycles. The number of carbonyl (C=O) groups is 4. The number of carbonyl (C=O) groups excluding carboxylic acids is 4. The highest BCUT2D eigenvalue weighted by Gasteiger charge is 2.61. The van der Waals surface area contributed by atoms with Crippen molar-refractivity contribution in [2.24, 2.45) is 23.7 Å². The van der Waals surface area contributed by atoms with Gasteiger partial charge in [0, 0.05) is 11.6 Å². The topological polar surface area (TPSA) is 133 Å². The average Bonchev–Trinajstić information content (AvgIpc) is 3.55. The molecule has 4 atom stereocenters. The van der Waals surface area contributed by atoms with E-state index in [1.807, 2.05) is 0 Å². The Hall–Kier alpha value is -4.08. The minimum atomic E-state index is -0.817. The number of fused-ring (bicyclic) bond motifs is 5. The molecule has 180 valence electrons. The SMILES string of the molecule is COc1ccc(C(=O)COC(=O)c2cccc(N3C(=O)C4C5CCC(C5)C4C3=O)c2)cc1[N+](=O)[O-]. The summed E-state index contributed by atoms with van der Waals surface area (Å²) in [6.45, 7) is -0.637. The molecule has 2 aromatic rings. The third-order valence-corrected chi connectivity index (χ3v) is 7.30. The van der Waals surface area contributed by atoms with E-state index in [0.717, 1.165) is 25.3 Å². The van der Waals surface area contributed by atoms with Crippen molar-refractivity contribution in [2.75, 3.05) is 18.6 Å². The van der Waals surface area contributed by atoms with Gasteiger partial charge in [0.2, 0.25) is 17.6 Å². The fraction of sp³-hybridized carbons (Fsp3) is 0.360. The van der Waals surface area contributed by atoms with Gasteiger partial charge in [-0.25, -0.2) is 4.79 Å². The van der Waals surface area contributed by atoms with Crippen LogP contribution in [0.2, 0.25) is 0 Å². The predicted octanol–water partition coefficient (Wildman–Crippen LogP) is 3.18. The maximum atomic E-state index is 13.0. The number of esters is 1. The van der Waals surface area contributed by atoms with Crippen LogP contribution in [-0.4, -0.2) is 42.2 Å². The first-order chi connectivity index (χ1) is 16.8. The minimum Gasteiger partial charge on any atom is -0.490 e. The highest BCUT2D eigenvalue weighted by Crippen LogP contribution is 2.56. The number of hydrogen-bond donors (Lipinski definition) is 0. The van der Waals surface area contributed by atoms with Gasteiger partial charge in [0.15, 0.2) is 12.4 Å². The number of methoxy groups -OCH3 is 1. The Kier molecular flexibility index (Phi) is 5.58. The lowest BCUT2D eigenvalue weighted by Crippen LogP contribution is -2.32. The summed E-state index contributed by atoms with van der Waals surface area (Å²) in [5.74, 6) is -1.92. The molecule has 0 spiro atoms. The fourth-order valence-electron chi connectivity index (χ4n) is 5.74. The minimum absolute atomic E-state index is 0.00325. The highest BCUT2D eigenvalue weighted by atomic mass is 16.6. The van der Waals surface area contributed by atoms with Crippen molar-refractivity contribution in [2.45, 2.75) is 19.3 Å².